The molecule has 0 amide bonds. The predicted molar refractivity (Wildman–Crippen MR) is 45.4 cm³/mol. The maximum atomic E-state index is 12.6. The molecule has 0 fully saturated rings. The van der Waals surface area contributed by atoms with Gasteiger partial charge in [-0.05, 0) is 6.42 Å². The van der Waals surface area contributed by atoms with Crippen molar-refractivity contribution in [2.45, 2.75) is 30.1 Å². The molecule has 0 heterocycles. The monoisotopic (exact) mass is 254 g/mol. The SMILES string of the molecule is CCCN=NC(Cl)(Cl)C(F)(F)C(F)F. The molecule has 0 aliphatic carbocycles. The van der Waals surface area contributed by atoms with Crippen LogP contribution in [0.2, 0.25) is 0 Å². The minimum absolute atomic E-state index is 0.0977. The van der Waals surface area contributed by atoms with E-state index in [1.165, 1.54) is 0 Å². The fraction of sp³-hybridized carbons (Fsp3) is 1.00. The molecule has 2 nitrogen and oxygen atoms in total. The van der Waals surface area contributed by atoms with Crippen molar-refractivity contribution in [3.05, 3.63) is 0 Å². The van der Waals surface area contributed by atoms with Crippen LogP contribution in [0.4, 0.5) is 17.6 Å². The zero-order valence-corrected chi connectivity index (χ0v) is 8.67. The number of hydrogen-bond donors (Lipinski definition) is 0. The number of alkyl halides is 6. The van der Waals surface area contributed by atoms with Crippen molar-refractivity contribution in [1.82, 2.24) is 0 Å². The fourth-order valence-electron chi connectivity index (χ4n) is 0.437. The number of hydrogen-bond acceptors (Lipinski definition) is 2. The van der Waals surface area contributed by atoms with Crippen LogP contribution in [0.5, 0.6) is 0 Å². The van der Waals surface area contributed by atoms with Gasteiger partial charge < -0.3 is 0 Å². The molecule has 0 rings (SSSR count). The second-order valence-electron chi connectivity index (χ2n) is 2.43. The Balaban J connectivity index is 4.59. The molecule has 0 radical (unpaired) electrons. The Kier molecular flexibility index (Phi) is 5.08. The van der Waals surface area contributed by atoms with Crippen molar-refractivity contribution in [3.8, 4) is 0 Å². The minimum Gasteiger partial charge on any atom is -0.203 e. The van der Waals surface area contributed by atoms with E-state index in [4.69, 9.17) is 23.2 Å². The van der Waals surface area contributed by atoms with Crippen LogP contribution in [0.1, 0.15) is 13.3 Å². The molecule has 0 spiro atoms. The lowest BCUT2D eigenvalue weighted by molar-refractivity contribution is -0.137. The van der Waals surface area contributed by atoms with Crippen LogP contribution < -0.4 is 0 Å². The first-order valence-corrected chi connectivity index (χ1v) is 4.43. The Hall–Kier alpha value is -0.100. The summed E-state index contributed by atoms with van der Waals surface area (Å²) < 4.78 is 45.5. The van der Waals surface area contributed by atoms with E-state index >= 15 is 0 Å². The molecule has 0 saturated carbocycles. The van der Waals surface area contributed by atoms with Gasteiger partial charge in [-0.15, -0.1) is 5.11 Å². The summed E-state index contributed by atoms with van der Waals surface area (Å²) in [4.78, 5) is 0. The summed E-state index contributed by atoms with van der Waals surface area (Å²) in [7, 11) is 0. The van der Waals surface area contributed by atoms with Crippen LogP contribution in [0.3, 0.4) is 0 Å². The van der Waals surface area contributed by atoms with Crippen molar-refractivity contribution >= 4 is 23.2 Å². The molecule has 0 N–H and O–H groups in total. The van der Waals surface area contributed by atoms with Gasteiger partial charge in [-0.1, -0.05) is 30.1 Å². The van der Waals surface area contributed by atoms with E-state index in [0.717, 1.165) is 0 Å². The van der Waals surface area contributed by atoms with Gasteiger partial charge >= 0.3 is 12.3 Å². The van der Waals surface area contributed by atoms with Crippen LogP contribution in [-0.2, 0) is 0 Å². The van der Waals surface area contributed by atoms with Gasteiger partial charge in [0.25, 0.3) is 4.46 Å². The lowest BCUT2D eigenvalue weighted by Crippen LogP contribution is -2.43. The summed E-state index contributed by atoms with van der Waals surface area (Å²) >= 11 is 9.87. The number of rotatable bonds is 5. The zero-order chi connectivity index (χ0) is 11.4. The first kappa shape index (κ1) is 13.9. The maximum absolute atomic E-state index is 12.6. The van der Waals surface area contributed by atoms with Crippen molar-refractivity contribution in [2.75, 3.05) is 6.54 Å². The summed E-state index contributed by atoms with van der Waals surface area (Å²) in [5.41, 5.74) is 0. The van der Waals surface area contributed by atoms with Gasteiger partial charge in [0.2, 0.25) is 0 Å². The highest BCUT2D eigenvalue weighted by Crippen LogP contribution is 2.43. The number of halogens is 6. The maximum Gasteiger partial charge on any atom is 0.361 e. The van der Waals surface area contributed by atoms with Gasteiger partial charge in [0, 0.05) is 0 Å². The van der Waals surface area contributed by atoms with E-state index in [2.05, 4.69) is 10.2 Å². The minimum atomic E-state index is -4.62. The van der Waals surface area contributed by atoms with Crippen molar-refractivity contribution in [1.29, 1.82) is 0 Å². The molecule has 0 unspecified atom stereocenters. The van der Waals surface area contributed by atoms with Crippen molar-refractivity contribution in [3.63, 3.8) is 0 Å². The molecule has 0 saturated heterocycles. The third-order valence-electron chi connectivity index (χ3n) is 1.20. The summed E-state index contributed by atoms with van der Waals surface area (Å²) in [6, 6.07) is 0. The Labute approximate surface area is 88.3 Å². The average Bonchev–Trinajstić information content (AvgIpc) is 2.04. The van der Waals surface area contributed by atoms with E-state index in [1.807, 2.05) is 0 Å². The third-order valence-corrected chi connectivity index (χ3v) is 1.85. The van der Waals surface area contributed by atoms with Crippen LogP contribution >= 0.6 is 23.2 Å². The molecule has 0 aromatic carbocycles. The Morgan fingerprint density at radius 1 is 1.29 bits per heavy atom. The quantitative estimate of drug-likeness (QED) is 0.308. The van der Waals surface area contributed by atoms with Crippen LogP contribution in [0.15, 0.2) is 10.2 Å². The van der Waals surface area contributed by atoms with Crippen molar-refractivity contribution in [2.24, 2.45) is 10.2 Å². The third kappa shape index (κ3) is 3.24. The lowest BCUT2D eigenvalue weighted by atomic mass is 10.3. The predicted octanol–water partition coefficient (Wildman–Crippen LogP) is 3.88. The number of nitrogens with zero attached hydrogens (tertiary/aromatic N) is 2. The average molecular weight is 255 g/mol. The van der Waals surface area contributed by atoms with Gasteiger partial charge in [0.05, 0.1) is 6.54 Å². The highest BCUT2D eigenvalue weighted by molar-refractivity contribution is 6.49. The highest BCUT2D eigenvalue weighted by Gasteiger charge is 2.60. The van der Waals surface area contributed by atoms with Gasteiger partial charge in [-0.3, -0.25) is 0 Å². The standard InChI is InChI=1S/C6H8Cl2F4N2/c1-2-3-13-14-6(7,8)5(11,12)4(9)10/h4H,2-3H2,1H3. The summed E-state index contributed by atoms with van der Waals surface area (Å²) in [6.07, 6.45) is -3.47. The normalized spacial score (nSPS) is 14.3. The van der Waals surface area contributed by atoms with E-state index < -0.39 is 16.8 Å². The fourth-order valence-corrected chi connectivity index (χ4v) is 0.709. The van der Waals surface area contributed by atoms with E-state index in [-0.39, 0.29) is 6.54 Å². The van der Waals surface area contributed by atoms with Gasteiger partial charge in [-0.2, -0.15) is 13.9 Å². The van der Waals surface area contributed by atoms with Gasteiger partial charge in [0.1, 0.15) is 0 Å². The first-order valence-electron chi connectivity index (χ1n) is 3.68. The molecule has 0 aliphatic heterocycles. The molecule has 14 heavy (non-hydrogen) atoms. The van der Waals surface area contributed by atoms with E-state index in [0.29, 0.717) is 6.42 Å². The van der Waals surface area contributed by atoms with Gasteiger partial charge in [-0.25, -0.2) is 8.78 Å². The molecule has 0 bridgehead atoms. The first-order chi connectivity index (χ1) is 6.25. The highest BCUT2D eigenvalue weighted by atomic mass is 35.5. The largest absolute Gasteiger partial charge is 0.361 e. The zero-order valence-electron chi connectivity index (χ0n) is 7.15. The van der Waals surface area contributed by atoms with Gasteiger partial charge in [0.15, 0.2) is 0 Å². The topological polar surface area (TPSA) is 24.7 Å². The summed E-state index contributed by atoms with van der Waals surface area (Å²) in [6.45, 7) is 1.80. The molecule has 8 heteroatoms. The second-order valence-corrected chi connectivity index (χ2v) is 3.72. The smallest absolute Gasteiger partial charge is 0.203 e. The Bertz CT molecular complexity index is 208. The molecule has 0 aliphatic rings. The van der Waals surface area contributed by atoms with E-state index in [1.54, 1.807) is 6.92 Å². The van der Waals surface area contributed by atoms with Crippen LogP contribution in [-0.4, -0.2) is 23.4 Å². The molecular weight excluding hydrogens is 247 g/mol. The Morgan fingerprint density at radius 2 is 1.79 bits per heavy atom. The van der Waals surface area contributed by atoms with Crippen molar-refractivity contribution < 1.29 is 17.6 Å². The second kappa shape index (κ2) is 5.11. The molecule has 84 valence electrons. The Morgan fingerprint density at radius 3 is 2.14 bits per heavy atom. The molecule has 0 aromatic heterocycles. The van der Waals surface area contributed by atoms with E-state index in [9.17, 15) is 17.6 Å². The molecule has 0 aromatic rings. The number of azo groups is 1. The van der Waals surface area contributed by atoms with Crippen LogP contribution in [0.25, 0.3) is 0 Å². The molecular formula is C6H8Cl2F4N2. The molecule has 0 atom stereocenters. The summed E-state index contributed by atoms with van der Waals surface area (Å²) in [5, 5.41) is 5.92. The van der Waals surface area contributed by atoms with Crippen LogP contribution in [0, 0.1) is 0 Å². The summed E-state index contributed by atoms with van der Waals surface area (Å²) in [5.74, 6) is -4.62. The lowest BCUT2D eigenvalue weighted by Gasteiger charge is -2.23.